The van der Waals surface area contributed by atoms with Crippen LogP contribution in [0.4, 0.5) is 5.69 Å². The molecule has 11 nitrogen and oxygen atoms in total. The Morgan fingerprint density at radius 2 is 1.84 bits per heavy atom. The largest absolute Gasteiger partial charge is 0.464 e. The van der Waals surface area contributed by atoms with Crippen LogP contribution in [-0.4, -0.2) is 50.0 Å². The predicted octanol–water partition coefficient (Wildman–Crippen LogP) is 1.87. The minimum absolute atomic E-state index is 0.00242. The molecule has 0 unspecified atom stereocenters. The molecule has 0 fully saturated rings. The zero-order valence-corrected chi connectivity index (χ0v) is 18.0. The Morgan fingerprint density at radius 3 is 2.44 bits per heavy atom. The number of ether oxygens (including phenoxy) is 3. The van der Waals surface area contributed by atoms with Crippen LogP contribution in [0.1, 0.15) is 18.1 Å². The van der Waals surface area contributed by atoms with Crippen molar-refractivity contribution in [2.24, 2.45) is 0 Å². The molecule has 0 amide bonds. The molecule has 0 radical (unpaired) electrons. The molecule has 1 aliphatic rings. The number of carbonyl (C=O) groups excluding carboxylic acids is 1. The highest BCUT2D eigenvalue weighted by Gasteiger charge is 2.36. The van der Waals surface area contributed by atoms with Crippen molar-refractivity contribution in [2.45, 2.75) is 37.4 Å². The number of aryl methyl sites for hydroxylation is 1. The van der Waals surface area contributed by atoms with Crippen molar-refractivity contribution in [3.8, 4) is 11.5 Å². The summed E-state index contributed by atoms with van der Waals surface area (Å²) in [7, 11) is -4.45. The molecule has 32 heavy (non-hydrogen) atoms. The van der Waals surface area contributed by atoms with Gasteiger partial charge in [0.2, 0.25) is 12.9 Å². The zero-order chi connectivity index (χ0) is 23.5. The van der Waals surface area contributed by atoms with Crippen LogP contribution in [0.2, 0.25) is 0 Å². The Hall–Kier alpha value is -3.22. The lowest BCUT2D eigenvalue weighted by atomic mass is 10.0. The summed E-state index contributed by atoms with van der Waals surface area (Å²) in [6.07, 6.45) is -4.22. The van der Waals surface area contributed by atoms with Crippen molar-refractivity contribution in [3.05, 3.63) is 57.6 Å². The number of nitro benzene ring substituents is 1. The number of carbonyl (C=O) groups is 1. The van der Waals surface area contributed by atoms with Crippen LogP contribution in [-0.2, 0) is 30.3 Å². The number of rotatable bonds is 9. The van der Waals surface area contributed by atoms with Crippen LogP contribution in [0.25, 0.3) is 0 Å². The lowest BCUT2D eigenvalue weighted by Crippen LogP contribution is -2.41. The molecule has 3 rings (SSSR count). The molecule has 2 aromatic rings. The smallest absolute Gasteiger partial charge is 0.339 e. The molecule has 1 aliphatic heterocycles. The number of fused-ring (bicyclic) bond motifs is 1. The number of nitro groups is 1. The van der Waals surface area contributed by atoms with E-state index in [1.54, 1.807) is 19.1 Å². The van der Waals surface area contributed by atoms with Gasteiger partial charge in [0.25, 0.3) is 15.8 Å². The van der Waals surface area contributed by atoms with Gasteiger partial charge in [0.15, 0.2) is 11.5 Å². The first-order valence-electron chi connectivity index (χ1n) is 9.54. The van der Waals surface area contributed by atoms with Crippen molar-refractivity contribution >= 4 is 21.8 Å². The number of aliphatic hydroxyl groups excluding tert-OH is 1. The number of esters is 1. The summed E-state index contributed by atoms with van der Waals surface area (Å²) in [6, 6.07) is 8.10. The molecule has 0 bridgehead atoms. The average molecular weight is 467 g/mol. The number of benzene rings is 2. The first kappa shape index (κ1) is 23.4. The first-order chi connectivity index (χ1) is 15.1. The van der Waals surface area contributed by atoms with E-state index in [0.29, 0.717) is 0 Å². The van der Waals surface area contributed by atoms with Gasteiger partial charge >= 0.3 is 5.97 Å². The summed E-state index contributed by atoms with van der Waals surface area (Å²) >= 11 is 0. The van der Waals surface area contributed by atoms with Gasteiger partial charge in [-0.1, -0.05) is 17.7 Å². The Balaban J connectivity index is 1.90. The molecule has 0 saturated carbocycles. The molecule has 0 aliphatic carbocycles. The summed E-state index contributed by atoms with van der Waals surface area (Å²) in [5.74, 6) is -0.743. The zero-order valence-electron chi connectivity index (χ0n) is 17.2. The highest BCUT2D eigenvalue weighted by atomic mass is 32.2. The van der Waals surface area contributed by atoms with Crippen molar-refractivity contribution in [2.75, 3.05) is 13.4 Å². The highest BCUT2D eigenvalue weighted by Crippen LogP contribution is 2.38. The van der Waals surface area contributed by atoms with Gasteiger partial charge in [-0.2, -0.15) is 8.42 Å². The normalized spacial score (nSPS) is 14.6. The second-order valence-electron chi connectivity index (χ2n) is 6.90. The summed E-state index contributed by atoms with van der Waals surface area (Å²) in [5.41, 5.74) is 0.413. The monoisotopic (exact) mass is 467 g/mol. The molecule has 172 valence electrons. The van der Waals surface area contributed by atoms with Gasteiger partial charge in [0.1, 0.15) is 0 Å². The SMILES string of the molecule is CCOC(=O)[C@H](OS(=O)(=O)c1ccc(C)cc1)[C@@H](O)Cc1cc2c(cc1[N+](=O)[O-])OCO2. The van der Waals surface area contributed by atoms with Crippen molar-refractivity contribution in [1.29, 1.82) is 0 Å². The number of hydrogen-bond donors (Lipinski definition) is 1. The van der Waals surface area contributed by atoms with E-state index in [2.05, 4.69) is 0 Å². The molecule has 0 spiro atoms. The van der Waals surface area contributed by atoms with Crippen LogP contribution in [0, 0.1) is 17.0 Å². The minimum atomic E-state index is -4.45. The topological polar surface area (TPSA) is 152 Å². The number of nitrogens with zero attached hydrogens (tertiary/aromatic N) is 1. The van der Waals surface area contributed by atoms with Crippen molar-refractivity contribution < 1.29 is 41.6 Å². The second kappa shape index (κ2) is 9.51. The fraction of sp³-hybridized carbons (Fsp3) is 0.350. The third kappa shape index (κ3) is 5.15. The maximum atomic E-state index is 12.7. The molecule has 12 heteroatoms. The van der Waals surface area contributed by atoms with Gasteiger partial charge in [-0.15, -0.1) is 0 Å². The van der Waals surface area contributed by atoms with Gasteiger partial charge in [0.05, 0.1) is 28.6 Å². The molecule has 0 aromatic heterocycles. The summed E-state index contributed by atoms with van der Waals surface area (Å²) in [4.78, 5) is 22.9. The van der Waals surface area contributed by atoms with Gasteiger partial charge < -0.3 is 19.3 Å². The van der Waals surface area contributed by atoms with E-state index in [9.17, 15) is 28.4 Å². The van der Waals surface area contributed by atoms with Crippen molar-refractivity contribution in [1.82, 2.24) is 0 Å². The van der Waals surface area contributed by atoms with E-state index < -0.39 is 45.3 Å². The fourth-order valence-corrected chi connectivity index (χ4v) is 4.08. The maximum Gasteiger partial charge on any atom is 0.339 e. The third-order valence-corrected chi connectivity index (χ3v) is 5.92. The quantitative estimate of drug-likeness (QED) is 0.250. The van der Waals surface area contributed by atoms with E-state index >= 15 is 0 Å². The van der Waals surface area contributed by atoms with Crippen LogP contribution in [0.5, 0.6) is 11.5 Å². The van der Waals surface area contributed by atoms with Gasteiger partial charge in [-0.3, -0.25) is 10.1 Å². The molecule has 1 heterocycles. The molecule has 2 atom stereocenters. The molecule has 0 saturated heterocycles. The Kier molecular flexibility index (Phi) is 6.96. The van der Waals surface area contributed by atoms with E-state index in [-0.39, 0.29) is 35.4 Å². The predicted molar refractivity (Wildman–Crippen MR) is 109 cm³/mol. The van der Waals surface area contributed by atoms with Crippen molar-refractivity contribution in [3.63, 3.8) is 0 Å². The fourth-order valence-electron chi connectivity index (χ4n) is 3.02. The second-order valence-corrected chi connectivity index (χ2v) is 8.47. The number of aliphatic hydroxyl groups is 1. The lowest BCUT2D eigenvalue weighted by molar-refractivity contribution is -0.385. The van der Waals surface area contributed by atoms with Crippen LogP contribution in [0.3, 0.4) is 0 Å². The minimum Gasteiger partial charge on any atom is -0.464 e. The molecule has 2 aromatic carbocycles. The summed E-state index contributed by atoms with van der Waals surface area (Å²) in [6.45, 7) is 3.04. The standard InChI is InChI=1S/C20H21NO10S/c1-3-28-20(23)19(31-32(26,27)14-6-4-12(2)5-7-14)16(22)8-13-9-17-18(30-11-29-17)10-15(13)21(24)25/h4-7,9-10,16,19,22H,3,8,11H2,1-2H3/t16-,19+/m0/s1. The lowest BCUT2D eigenvalue weighted by Gasteiger charge is -2.21. The average Bonchev–Trinajstić information content (AvgIpc) is 3.19. The Bertz CT molecular complexity index is 1110. The Labute approximate surface area is 183 Å². The van der Waals surface area contributed by atoms with Crippen LogP contribution in [0.15, 0.2) is 41.3 Å². The van der Waals surface area contributed by atoms with E-state index in [0.717, 1.165) is 11.6 Å². The van der Waals surface area contributed by atoms with E-state index in [1.807, 2.05) is 0 Å². The van der Waals surface area contributed by atoms with E-state index in [4.69, 9.17) is 18.4 Å². The summed E-state index contributed by atoms with van der Waals surface area (Å²) < 4.78 is 45.5. The molecular formula is C20H21NO10S. The maximum absolute atomic E-state index is 12.7. The van der Waals surface area contributed by atoms with E-state index in [1.165, 1.54) is 25.1 Å². The third-order valence-electron chi connectivity index (χ3n) is 4.61. The van der Waals surface area contributed by atoms with Crippen LogP contribution < -0.4 is 9.47 Å². The molecular weight excluding hydrogens is 446 g/mol. The Morgan fingerprint density at radius 1 is 1.22 bits per heavy atom. The molecule has 1 N–H and O–H groups in total. The number of hydrogen-bond acceptors (Lipinski definition) is 10. The summed E-state index contributed by atoms with van der Waals surface area (Å²) in [5, 5.41) is 22.1. The highest BCUT2D eigenvalue weighted by molar-refractivity contribution is 7.86. The van der Waals surface area contributed by atoms with Gasteiger partial charge in [-0.05, 0) is 32.0 Å². The van der Waals surface area contributed by atoms with Gasteiger partial charge in [-0.25, -0.2) is 8.98 Å². The first-order valence-corrected chi connectivity index (χ1v) is 10.9. The van der Waals surface area contributed by atoms with Crippen LogP contribution >= 0.6 is 0 Å². The van der Waals surface area contributed by atoms with Gasteiger partial charge in [0, 0.05) is 12.0 Å².